The molecule has 0 saturated heterocycles. The minimum atomic E-state index is -0.212. The SMILES string of the molecule is O=c1c2ccccc2nnn1Cn1c(NCCO)nc2ccccc21. The lowest BCUT2D eigenvalue weighted by Gasteiger charge is -2.11. The molecule has 2 aromatic carbocycles. The van der Waals surface area contributed by atoms with E-state index in [1.807, 2.05) is 34.9 Å². The zero-order valence-corrected chi connectivity index (χ0v) is 13.3. The summed E-state index contributed by atoms with van der Waals surface area (Å²) in [6.07, 6.45) is 0. The summed E-state index contributed by atoms with van der Waals surface area (Å²) >= 11 is 0. The van der Waals surface area contributed by atoms with Crippen LogP contribution in [0.15, 0.2) is 53.3 Å². The Morgan fingerprint density at radius 3 is 2.64 bits per heavy atom. The summed E-state index contributed by atoms with van der Waals surface area (Å²) in [5.41, 5.74) is 2.02. The van der Waals surface area contributed by atoms with Gasteiger partial charge in [0.2, 0.25) is 5.95 Å². The first kappa shape index (κ1) is 15.3. The first-order chi connectivity index (χ1) is 12.3. The summed E-state index contributed by atoms with van der Waals surface area (Å²) in [6.45, 7) is 0.519. The lowest BCUT2D eigenvalue weighted by Crippen LogP contribution is -2.28. The van der Waals surface area contributed by atoms with Gasteiger partial charge in [0.05, 0.1) is 23.0 Å². The molecule has 4 aromatic rings. The van der Waals surface area contributed by atoms with E-state index >= 15 is 0 Å². The highest BCUT2D eigenvalue weighted by Gasteiger charge is 2.12. The number of benzene rings is 2. The minimum absolute atomic E-state index is 0.0149. The smallest absolute Gasteiger partial charge is 0.279 e. The molecule has 0 radical (unpaired) electrons. The van der Waals surface area contributed by atoms with Crippen LogP contribution < -0.4 is 10.9 Å². The third-order valence-electron chi connectivity index (χ3n) is 3.95. The van der Waals surface area contributed by atoms with Gasteiger partial charge in [0.15, 0.2) is 0 Å². The number of nitrogens with one attached hydrogen (secondary N) is 1. The summed E-state index contributed by atoms with van der Waals surface area (Å²) in [5, 5.41) is 20.8. The number of anilines is 1. The maximum atomic E-state index is 12.7. The van der Waals surface area contributed by atoms with Crippen molar-refractivity contribution in [3.05, 3.63) is 58.9 Å². The monoisotopic (exact) mass is 336 g/mol. The predicted octanol–water partition coefficient (Wildman–Crippen LogP) is 1.05. The Morgan fingerprint density at radius 1 is 1.04 bits per heavy atom. The molecule has 0 atom stereocenters. The fourth-order valence-electron chi connectivity index (χ4n) is 2.77. The van der Waals surface area contributed by atoms with Crippen molar-refractivity contribution < 1.29 is 5.11 Å². The second-order valence-corrected chi connectivity index (χ2v) is 5.56. The number of aromatic nitrogens is 5. The van der Waals surface area contributed by atoms with E-state index in [9.17, 15) is 4.79 Å². The Hall–Kier alpha value is -3.26. The van der Waals surface area contributed by atoms with Crippen LogP contribution in [0.4, 0.5) is 5.95 Å². The molecule has 0 unspecified atom stereocenters. The molecule has 0 aliphatic carbocycles. The summed E-state index contributed by atoms with van der Waals surface area (Å²) in [4.78, 5) is 17.2. The quantitative estimate of drug-likeness (QED) is 0.565. The van der Waals surface area contributed by atoms with Crippen molar-refractivity contribution in [3.8, 4) is 0 Å². The molecule has 0 amide bonds. The van der Waals surface area contributed by atoms with Gasteiger partial charge in [0, 0.05) is 6.54 Å². The van der Waals surface area contributed by atoms with Gasteiger partial charge in [-0.05, 0) is 24.3 Å². The van der Waals surface area contributed by atoms with Crippen LogP contribution >= 0.6 is 0 Å². The summed E-state index contributed by atoms with van der Waals surface area (Å²) < 4.78 is 3.15. The van der Waals surface area contributed by atoms with E-state index in [1.54, 1.807) is 18.2 Å². The van der Waals surface area contributed by atoms with Gasteiger partial charge in [0.1, 0.15) is 12.2 Å². The Labute approximate surface area is 142 Å². The molecule has 2 aromatic heterocycles. The van der Waals surface area contributed by atoms with Gasteiger partial charge < -0.3 is 10.4 Å². The molecule has 25 heavy (non-hydrogen) atoms. The maximum absolute atomic E-state index is 12.7. The average Bonchev–Trinajstić information content (AvgIpc) is 3.00. The van der Waals surface area contributed by atoms with Crippen molar-refractivity contribution >= 4 is 27.9 Å². The molecule has 0 aliphatic rings. The molecule has 0 aliphatic heterocycles. The number of rotatable bonds is 5. The molecule has 8 nitrogen and oxygen atoms in total. The molecular weight excluding hydrogens is 320 g/mol. The highest BCUT2D eigenvalue weighted by Crippen LogP contribution is 2.19. The van der Waals surface area contributed by atoms with Gasteiger partial charge in [-0.3, -0.25) is 9.36 Å². The van der Waals surface area contributed by atoms with Crippen LogP contribution in [0, 0.1) is 0 Å². The second kappa shape index (κ2) is 6.33. The second-order valence-electron chi connectivity index (χ2n) is 5.56. The minimum Gasteiger partial charge on any atom is -0.395 e. The number of hydrogen-bond acceptors (Lipinski definition) is 6. The van der Waals surface area contributed by atoms with Crippen LogP contribution in [-0.2, 0) is 6.67 Å². The lowest BCUT2D eigenvalue weighted by molar-refractivity contribution is 0.310. The highest BCUT2D eigenvalue weighted by atomic mass is 16.3. The van der Waals surface area contributed by atoms with Crippen molar-refractivity contribution in [1.29, 1.82) is 0 Å². The van der Waals surface area contributed by atoms with E-state index in [-0.39, 0.29) is 18.8 Å². The van der Waals surface area contributed by atoms with Gasteiger partial charge in [-0.1, -0.05) is 29.5 Å². The van der Waals surface area contributed by atoms with Crippen molar-refractivity contribution in [3.63, 3.8) is 0 Å². The van der Waals surface area contributed by atoms with E-state index in [1.165, 1.54) is 4.68 Å². The van der Waals surface area contributed by atoms with Crippen LogP contribution in [0.25, 0.3) is 21.9 Å². The van der Waals surface area contributed by atoms with Crippen molar-refractivity contribution in [2.24, 2.45) is 0 Å². The molecule has 8 heteroatoms. The van der Waals surface area contributed by atoms with Crippen molar-refractivity contribution in [2.75, 3.05) is 18.5 Å². The molecule has 4 rings (SSSR count). The first-order valence-electron chi connectivity index (χ1n) is 7.90. The number of para-hydroxylation sites is 2. The summed E-state index contributed by atoms with van der Waals surface area (Å²) in [7, 11) is 0. The van der Waals surface area contributed by atoms with E-state index in [0.29, 0.717) is 23.4 Å². The topological polar surface area (TPSA) is 97.9 Å². The van der Waals surface area contributed by atoms with Crippen LogP contribution in [0.1, 0.15) is 0 Å². The fraction of sp³-hybridized carbons (Fsp3) is 0.176. The molecule has 126 valence electrons. The number of imidazole rings is 1. The lowest BCUT2D eigenvalue weighted by atomic mass is 10.2. The number of aliphatic hydroxyl groups is 1. The molecule has 0 bridgehead atoms. The first-order valence-corrected chi connectivity index (χ1v) is 7.90. The van der Waals surface area contributed by atoms with Crippen molar-refractivity contribution in [2.45, 2.75) is 6.67 Å². The fourth-order valence-corrected chi connectivity index (χ4v) is 2.77. The zero-order chi connectivity index (χ0) is 17.2. The zero-order valence-electron chi connectivity index (χ0n) is 13.3. The van der Waals surface area contributed by atoms with Gasteiger partial charge in [-0.25, -0.2) is 4.98 Å². The largest absolute Gasteiger partial charge is 0.395 e. The Kier molecular flexibility index (Phi) is 3.87. The van der Waals surface area contributed by atoms with Crippen LogP contribution in [0.2, 0.25) is 0 Å². The number of nitrogens with zero attached hydrogens (tertiary/aromatic N) is 5. The molecule has 0 fully saturated rings. The third kappa shape index (κ3) is 2.72. The molecule has 2 heterocycles. The Morgan fingerprint density at radius 2 is 1.80 bits per heavy atom. The number of aliphatic hydroxyl groups excluding tert-OH is 1. The summed E-state index contributed by atoms with van der Waals surface area (Å²) in [5.74, 6) is 0.567. The molecular formula is C17H16N6O2. The Bertz CT molecular complexity index is 1100. The normalized spacial score (nSPS) is 11.2. The number of hydrogen-bond donors (Lipinski definition) is 2. The average molecular weight is 336 g/mol. The van der Waals surface area contributed by atoms with Gasteiger partial charge in [0.25, 0.3) is 5.56 Å². The van der Waals surface area contributed by atoms with E-state index in [0.717, 1.165) is 11.0 Å². The molecule has 2 N–H and O–H groups in total. The van der Waals surface area contributed by atoms with E-state index < -0.39 is 0 Å². The molecule has 0 spiro atoms. The molecule has 0 saturated carbocycles. The predicted molar refractivity (Wildman–Crippen MR) is 94.5 cm³/mol. The van der Waals surface area contributed by atoms with Crippen LogP contribution in [0.5, 0.6) is 0 Å². The highest BCUT2D eigenvalue weighted by molar-refractivity contribution is 5.79. The number of fused-ring (bicyclic) bond motifs is 2. The van der Waals surface area contributed by atoms with Gasteiger partial charge >= 0.3 is 0 Å². The summed E-state index contributed by atoms with van der Waals surface area (Å²) in [6, 6.07) is 14.7. The van der Waals surface area contributed by atoms with E-state index in [2.05, 4.69) is 20.6 Å². The Balaban J connectivity index is 1.82. The van der Waals surface area contributed by atoms with Crippen LogP contribution in [0.3, 0.4) is 0 Å². The van der Waals surface area contributed by atoms with Gasteiger partial charge in [-0.2, -0.15) is 4.68 Å². The van der Waals surface area contributed by atoms with Crippen molar-refractivity contribution in [1.82, 2.24) is 24.5 Å². The van der Waals surface area contributed by atoms with Gasteiger partial charge in [-0.15, -0.1) is 5.10 Å². The van der Waals surface area contributed by atoms with Crippen LogP contribution in [-0.4, -0.2) is 42.8 Å². The third-order valence-corrected chi connectivity index (χ3v) is 3.95. The van der Waals surface area contributed by atoms with E-state index in [4.69, 9.17) is 5.11 Å². The standard InChI is InChI=1S/C17H16N6O2/c24-10-9-18-17-19-14-7-3-4-8-15(14)22(17)11-23-16(25)12-5-1-2-6-13(12)20-21-23/h1-8,24H,9-11H2,(H,18,19). The maximum Gasteiger partial charge on any atom is 0.279 e.